The topological polar surface area (TPSA) is 114 Å². The summed E-state index contributed by atoms with van der Waals surface area (Å²) in [5, 5.41) is 5.17. The van der Waals surface area contributed by atoms with Crippen LogP contribution in [-0.4, -0.2) is 110 Å². The van der Waals surface area contributed by atoms with E-state index in [0.717, 1.165) is 0 Å². The van der Waals surface area contributed by atoms with Gasteiger partial charge in [0.1, 0.15) is 12.8 Å². The zero-order valence-electron chi connectivity index (χ0n) is 19.7. The lowest BCUT2D eigenvalue weighted by Gasteiger charge is -2.10. The Hall–Kier alpha value is -1.37. The first-order valence-electron chi connectivity index (χ1n) is 11.1. The predicted octanol–water partition coefficient (Wildman–Crippen LogP) is 0.475. The van der Waals surface area contributed by atoms with Crippen LogP contribution in [0.5, 0.6) is 0 Å². The van der Waals surface area contributed by atoms with Gasteiger partial charge in [-0.1, -0.05) is 6.92 Å². The number of hydrogen-bond acceptors (Lipinski definition) is 8. The molecule has 1 atom stereocenters. The van der Waals surface area contributed by atoms with Gasteiger partial charge in [-0.15, -0.1) is 0 Å². The fraction of sp³-hybridized carbons (Fsp3) is 0.905. The number of hydrogen-bond donors (Lipinski definition) is 2. The Kier molecular flexibility index (Phi) is 21.8. The summed E-state index contributed by atoms with van der Waals surface area (Å²) < 4.78 is 45.2. The Balaban J connectivity index is 3.19. The molecule has 0 rings (SSSR count). The molecule has 0 bridgehead atoms. The second kappa shape index (κ2) is 22.8. The average molecular weight is 469 g/mol. The van der Waals surface area contributed by atoms with E-state index in [1.165, 1.54) is 0 Å². The molecular formula is C21H41FN2O8. The fourth-order valence-electron chi connectivity index (χ4n) is 2.06. The third kappa shape index (κ3) is 23.3. The highest BCUT2D eigenvalue weighted by Gasteiger charge is 2.08. The molecule has 0 saturated heterocycles. The van der Waals surface area contributed by atoms with Gasteiger partial charge in [-0.25, -0.2) is 4.39 Å². The van der Waals surface area contributed by atoms with Gasteiger partial charge in [0.25, 0.3) is 0 Å². The normalized spacial score (nSPS) is 12.2. The first-order chi connectivity index (χ1) is 15.5. The van der Waals surface area contributed by atoms with E-state index in [1.54, 1.807) is 6.92 Å². The minimum Gasteiger partial charge on any atom is -0.377 e. The van der Waals surface area contributed by atoms with Crippen LogP contribution in [0.4, 0.5) is 4.39 Å². The molecule has 0 heterocycles. The lowest BCUT2D eigenvalue weighted by molar-refractivity contribution is -0.127. The van der Waals surface area contributed by atoms with Crippen molar-refractivity contribution in [2.24, 2.45) is 0 Å². The second-order valence-corrected chi connectivity index (χ2v) is 6.99. The molecular weight excluding hydrogens is 427 g/mol. The van der Waals surface area contributed by atoms with Crippen LogP contribution in [-0.2, 0) is 38.0 Å². The van der Waals surface area contributed by atoms with Gasteiger partial charge in [-0.2, -0.15) is 0 Å². The van der Waals surface area contributed by atoms with Crippen molar-refractivity contribution in [3.63, 3.8) is 0 Å². The van der Waals surface area contributed by atoms with Crippen molar-refractivity contribution in [2.45, 2.75) is 39.5 Å². The fourth-order valence-corrected chi connectivity index (χ4v) is 2.06. The summed E-state index contributed by atoms with van der Waals surface area (Å²) in [6, 6.07) is 0. The number of amides is 2. The lowest BCUT2D eigenvalue weighted by atomic mass is 10.4. The molecule has 0 saturated carbocycles. The SMILES string of the molecule is CCC(=O)NCC(F)COCCOCCOCCOCCOCCNC(=O)COC(C)C. The van der Waals surface area contributed by atoms with E-state index >= 15 is 0 Å². The lowest BCUT2D eigenvalue weighted by Crippen LogP contribution is -2.32. The second-order valence-electron chi connectivity index (χ2n) is 6.99. The van der Waals surface area contributed by atoms with Crippen molar-refractivity contribution in [3.8, 4) is 0 Å². The van der Waals surface area contributed by atoms with Crippen molar-refractivity contribution in [2.75, 3.05) is 85.8 Å². The highest BCUT2D eigenvalue weighted by molar-refractivity contribution is 5.77. The number of alkyl halides is 1. The highest BCUT2D eigenvalue weighted by Crippen LogP contribution is 1.92. The van der Waals surface area contributed by atoms with E-state index in [9.17, 15) is 14.0 Å². The van der Waals surface area contributed by atoms with Crippen molar-refractivity contribution in [1.82, 2.24) is 10.6 Å². The Morgan fingerprint density at radius 2 is 1.25 bits per heavy atom. The van der Waals surface area contributed by atoms with E-state index in [4.69, 9.17) is 28.4 Å². The van der Waals surface area contributed by atoms with Crippen LogP contribution >= 0.6 is 0 Å². The molecule has 0 aromatic heterocycles. The average Bonchev–Trinajstić information content (AvgIpc) is 2.77. The van der Waals surface area contributed by atoms with E-state index in [-0.39, 0.29) is 44.3 Å². The number of ether oxygens (including phenoxy) is 6. The van der Waals surface area contributed by atoms with E-state index in [1.807, 2.05) is 13.8 Å². The largest absolute Gasteiger partial charge is 0.377 e. The molecule has 10 nitrogen and oxygen atoms in total. The van der Waals surface area contributed by atoms with Crippen LogP contribution in [0.15, 0.2) is 0 Å². The van der Waals surface area contributed by atoms with E-state index in [2.05, 4.69) is 10.6 Å². The molecule has 32 heavy (non-hydrogen) atoms. The van der Waals surface area contributed by atoms with Crippen molar-refractivity contribution >= 4 is 11.8 Å². The Labute approximate surface area is 190 Å². The number of carbonyl (C=O) groups excluding carboxylic acids is 2. The summed E-state index contributed by atoms with van der Waals surface area (Å²) in [5.74, 6) is -0.338. The molecule has 0 aliphatic carbocycles. The van der Waals surface area contributed by atoms with Gasteiger partial charge < -0.3 is 39.1 Å². The third-order valence-electron chi connectivity index (χ3n) is 3.74. The molecule has 190 valence electrons. The zero-order chi connectivity index (χ0) is 23.9. The molecule has 0 aliphatic rings. The van der Waals surface area contributed by atoms with Crippen molar-refractivity contribution < 1.29 is 42.4 Å². The molecule has 0 fully saturated rings. The molecule has 0 aromatic rings. The summed E-state index contributed by atoms with van der Waals surface area (Å²) in [4.78, 5) is 22.4. The summed E-state index contributed by atoms with van der Waals surface area (Å²) in [7, 11) is 0. The molecule has 2 amide bonds. The summed E-state index contributed by atoms with van der Waals surface area (Å²) >= 11 is 0. The number of rotatable bonds is 23. The van der Waals surface area contributed by atoms with Gasteiger partial charge in [0.05, 0.1) is 78.7 Å². The maximum absolute atomic E-state index is 13.4. The van der Waals surface area contributed by atoms with Gasteiger partial charge in [0, 0.05) is 13.0 Å². The van der Waals surface area contributed by atoms with Gasteiger partial charge >= 0.3 is 0 Å². The maximum Gasteiger partial charge on any atom is 0.246 e. The molecule has 11 heteroatoms. The van der Waals surface area contributed by atoms with Gasteiger partial charge in [-0.3, -0.25) is 9.59 Å². The maximum atomic E-state index is 13.4. The monoisotopic (exact) mass is 468 g/mol. The summed E-state index contributed by atoms with van der Waals surface area (Å²) in [6.45, 7) is 9.47. The molecule has 1 unspecified atom stereocenters. The van der Waals surface area contributed by atoms with E-state index in [0.29, 0.717) is 65.8 Å². The number of nitrogens with one attached hydrogen (secondary N) is 2. The van der Waals surface area contributed by atoms with Crippen molar-refractivity contribution in [3.05, 3.63) is 0 Å². The summed E-state index contributed by atoms with van der Waals surface area (Å²) in [6.07, 6.45) is -0.864. The molecule has 2 N–H and O–H groups in total. The van der Waals surface area contributed by atoms with Crippen LogP contribution in [0, 0.1) is 0 Å². The highest BCUT2D eigenvalue weighted by atomic mass is 19.1. The van der Waals surface area contributed by atoms with Gasteiger partial charge in [0.15, 0.2) is 0 Å². The molecule has 0 aliphatic heterocycles. The van der Waals surface area contributed by atoms with Gasteiger partial charge in [0.2, 0.25) is 11.8 Å². The van der Waals surface area contributed by atoms with Crippen LogP contribution in [0.3, 0.4) is 0 Å². The number of halogens is 1. The minimum atomic E-state index is -1.23. The van der Waals surface area contributed by atoms with Crippen LogP contribution in [0.2, 0.25) is 0 Å². The quantitative estimate of drug-likeness (QED) is 0.208. The molecule has 0 aromatic carbocycles. The smallest absolute Gasteiger partial charge is 0.246 e. The zero-order valence-corrected chi connectivity index (χ0v) is 19.7. The van der Waals surface area contributed by atoms with E-state index < -0.39 is 6.17 Å². The van der Waals surface area contributed by atoms with Crippen LogP contribution in [0.25, 0.3) is 0 Å². The third-order valence-corrected chi connectivity index (χ3v) is 3.74. The molecule has 0 spiro atoms. The standard InChI is InChI=1S/C21H41FN2O8/c1-4-20(25)24-15-19(22)16-31-14-13-30-12-11-29-10-9-28-8-7-27-6-5-23-21(26)17-32-18(2)3/h18-19H,4-17H2,1-3H3,(H,23,26)(H,24,25). The predicted molar refractivity (Wildman–Crippen MR) is 116 cm³/mol. The Morgan fingerprint density at radius 1 is 0.750 bits per heavy atom. The van der Waals surface area contributed by atoms with Crippen molar-refractivity contribution in [1.29, 1.82) is 0 Å². The van der Waals surface area contributed by atoms with Crippen LogP contribution in [0.1, 0.15) is 27.2 Å². The number of carbonyl (C=O) groups is 2. The Morgan fingerprint density at radius 3 is 1.75 bits per heavy atom. The first-order valence-corrected chi connectivity index (χ1v) is 11.1. The summed E-state index contributed by atoms with van der Waals surface area (Å²) in [5.41, 5.74) is 0. The Bertz CT molecular complexity index is 458. The van der Waals surface area contributed by atoms with Crippen LogP contribution < -0.4 is 10.6 Å². The van der Waals surface area contributed by atoms with Gasteiger partial charge in [-0.05, 0) is 13.8 Å². The minimum absolute atomic E-state index is 0.0283. The molecule has 0 radical (unpaired) electrons. The first kappa shape index (κ1) is 30.6.